The molecule has 0 fully saturated rings. The number of H-pyrrole nitrogens is 2. The van der Waals surface area contributed by atoms with Crippen LogP contribution in [-0.2, 0) is 0 Å². The van der Waals surface area contributed by atoms with Crippen molar-refractivity contribution in [1.82, 2.24) is 10.2 Å². The van der Waals surface area contributed by atoms with Gasteiger partial charge in [-0.2, -0.15) is 0 Å². The van der Waals surface area contributed by atoms with E-state index in [1.165, 1.54) is 0 Å². The molecule has 1 heterocycles. The van der Waals surface area contributed by atoms with E-state index in [1.807, 2.05) is 0 Å². The second-order valence-corrected chi connectivity index (χ2v) is 3.94. The molecule has 0 aliphatic carbocycles. The molecule has 2 rings (SSSR count). The van der Waals surface area contributed by atoms with Crippen LogP contribution in [0.4, 0.5) is 5.69 Å². The topological polar surface area (TPSA) is 124 Å². The Kier molecular flexibility index (Phi) is 3.45. The van der Waals surface area contributed by atoms with Crippen molar-refractivity contribution in [2.75, 3.05) is 18.4 Å². The fraction of sp³-hybridized carbons (Fsp3) is 0.273. The van der Waals surface area contributed by atoms with Crippen LogP contribution in [-0.4, -0.2) is 34.5 Å². The Labute approximate surface area is 102 Å². The Balaban J connectivity index is 2.36. The number of fused-ring (bicyclic) bond motifs is 1. The number of nitrogens with two attached hydrogens (primary N) is 1. The van der Waals surface area contributed by atoms with Gasteiger partial charge < -0.3 is 16.2 Å². The standard InChI is InChI=1S/C11H14N4O3/c12-4-7(16)5-13-6-1-2-8-9(3-6)11(18)15-14-10(8)17/h1-3,7,13,16H,4-5,12H2,(H,14,17)(H,15,18). The van der Waals surface area contributed by atoms with Gasteiger partial charge in [0, 0.05) is 18.8 Å². The molecule has 0 saturated carbocycles. The van der Waals surface area contributed by atoms with E-state index in [0.717, 1.165) is 0 Å². The van der Waals surface area contributed by atoms with Crippen molar-refractivity contribution in [3.63, 3.8) is 0 Å². The van der Waals surface area contributed by atoms with Gasteiger partial charge in [0.25, 0.3) is 11.1 Å². The van der Waals surface area contributed by atoms with E-state index in [9.17, 15) is 14.7 Å². The molecule has 1 unspecified atom stereocenters. The van der Waals surface area contributed by atoms with E-state index >= 15 is 0 Å². The second kappa shape index (κ2) is 5.03. The molecule has 0 bridgehead atoms. The number of aliphatic hydroxyl groups excluding tert-OH is 1. The zero-order valence-corrected chi connectivity index (χ0v) is 9.56. The number of hydrogen-bond acceptors (Lipinski definition) is 5. The van der Waals surface area contributed by atoms with Crippen molar-refractivity contribution >= 4 is 16.5 Å². The first-order valence-corrected chi connectivity index (χ1v) is 5.48. The highest BCUT2D eigenvalue weighted by atomic mass is 16.3. The third-order valence-electron chi connectivity index (χ3n) is 2.61. The third-order valence-corrected chi connectivity index (χ3v) is 2.61. The maximum absolute atomic E-state index is 11.6. The quantitative estimate of drug-likeness (QED) is 0.473. The van der Waals surface area contributed by atoms with Gasteiger partial charge in [0.1, 0.15) is 0 Å². The molecule has 7 heteroatoms. The summed E-state index contributed by atoms with van der Waals surface area (Å²) in [6.07, 6.45) is -0.654. The lowest BCUT2D eigenvalue weighted by Crippen LogP contribution is -2.27. The molecule has 0 amide bonds. The normalized spacial score (nSPS) is 12.6. The summed E-state index contributed by atoms with van der Waals surface area (Å²) in [5.74, 6) is 0. The monoisotopic (exact) mass is 250 g/mol. The Morgan fingerprint density at radius 2 is 1.89 bits per heavy atom. The first-order chi connectivity index (χ1) is 8.61. The van der Waals surface area contributed by atoms with Crippen LogP contribution in [0, 0.1) is 0 Å². The Bertz CT molecular complexity index is 661. The average molecular weight is 250 g/mol. The lowest BCUT2D eigenvalue weighted by Gasteiger charge is -2.10. The highest BCUT2D eigenvalue weighted by molar-refractivity contribution is 5.83. The van der Waals surface area contributed by atoms with Gasteiger partial charge in [0.15, 0.2) is 0 Å². The minimum atomic E-state index is -0.654. The summed E-state index contributed by atoms with van der Waals surface area (Å²) >= 11 is 0. The number of rotatable bonds is 4. The van der Waals surface area contributed by atoms with E-state index in [-0.39, 0.29) is 24.2 Å². The fourth-order valence-corrected chi connectivity index (χ4v) is 1.61. The molecule has 18 heavy (non-hydrogen) atoms. The largest absolute Gasteiger partial charge is 0.390 e. The van der Waals surface area contributed by atoms with Gasteiger partial charge in [-0.15, -0.1) is 0 Å². The SMILES string of the molecule is NCC(O)CNc1ccc2c(=O)[nH][nH]c(=O)c2c1. The third kappa shape index (κ3) is 2.41. The number of aromatic nitrogens is 2. The Morgan fingerprint density at radius 3 is 2.56 bits per heavy atom. The van der Waals surface area contributed by atoms with Crippen molar-refractivity contribution in [2.24, 2.45) is 5.73 Å². The summed E-state index contributed by atoms with van der Waals surface area (Å²) < 4.78 is 0. The highest BCUT2D eigenvalue weighted by Gasteiger charge is 2.05. The minimum absolute atomic E-state index is 0.154. The van der Waals surface area contributed by atoms with Crippen LogP contribution >= 0.6 is 0 Å². The van der Waals surface area contributed by atoms with Gasteiger partial charge in [-0.25, -0.2) is 0 Å². The summed E-state index contributed by atoms with van der Waals surface area (Å²) in [6, 6.07) is 4.79. The maximum Gasteiger partial charge on any atom is 0.270 e. The van der Waals surface area contributed by atoms with Crippen molar-refractivity contribution in [1.29, 1.82) is 0 Å². The molecule has 0 radical (unpaired) electrons. The van der Waals surface area contributed by atoms with Crippen LogP contribution in [0.2, 0.25) is 0 Å². The average Bonchev–Trinajstić information content (AvgIpc) is 2.40. The van der Waals surface area contributed by atoms with Crippen LogP contribution in [0.15, 0.2) is 27.8 Å². The molecule has 0 saturated heterocycles. The first kappa shape index (κ1) is 12.3. The van der Waals surface area contributed by atoms with E-state index in [1.54, 1.807) is 18.2 Å². The predicted octanol–water partition coefficient (Wildman–Crippen LogP) is -1.05. The van der Waals surface area contributed by atoms with E-state index in [2.05, 4.69) is 15.5 Å². The molecule has 0 spiro atoms. The van der Waals surface area contributed by atoms with Crippen LogP contribution < -0.4 is 22.2 Å². The second-order valence-electron chi connectivity index (χ2n) is 3.94. The van der Waals surface area contributed by atoms with Gasteiger partial charge in [-0.1, -0.05) is 0 Å². The zero-order valence-electron chi connectivity index (χ0n) is 9.56. The Morgan fingerprint density at radius 1 is 1.22 bits per heavy atom. The summed E-state index contributed by atoms with van der Waals surface area (Å²) in [6.45, 7) is 0.434. The smallest absolute Gasteiger partial charge is 0.270 e. The summed E-state index contributed by atoms with van der Waals surface area (Å²) in [5, 5.41) is 17.4. The van der Waals surface area contributed by atoms with Crippen molar-refractivity contribution in [2.45, 2.75) is 6.10 Å². The summed E-state index contributed by atoms with van der Waals surface area (Å²) in [4.78, 5) is 23.0. The fourth-order valence-electron chi connectivity index (χ4n) is 1.61. The van der Waals surface area contributed by atoms with Gasteiger partial charge in [-0.05, 0) is 18.2 Å². The van der Waals surface area contributed by atoms with E-state index in [0.29, 0.717) is 16.5 Å². The molecular formula is C11H14N4O3. The molecule has 1 aromatic heterocycles. The number of hydrogen-bond donors (Lipinski definition) is 5. The summed E-state index contributed by atoms with van der Waals surface area (Å²) in [5.41, 5.74) is 5.21. The van der Waals surface area contributed by atoms with Crippen molar-refractivity contribution < 1.29 is 5.11 Å². The van der Waals surface area contributed by atoms with E-state index in [4.69, 9.17) is 5.73 Å². The molecule has 1 atom stereocenters. The van der Waals surface area contributed by atoms with Crippen molar-refractivity contribution in [3.05, 3.63) is 38.9 Å². The molecule has 2 aromatic rings. The van der Waals surface area contributed by atoms with Crippen molar-refractivity contribution in [3.8, 4) is 0 Å². The van der Waals surface area contributed by atoms with Crippen LogP contribution in [0.3, 0.4) is 0 Å². The lowest BCUT2D eigenvalue weighted by atomic mass is 10.1. The van der Waals surface area contributed by atoms with Gasteiger partial charge in [-0.3, -0.25) is 19.8 Å². The zero-order chi connectivity index (χ0) is 13.1. The number of anilines is 1. The molecule has 6 N–H and O–H groups in total. The van der Waals surface area contributed by atoms with Gasteiger partial charge in [0.05, 0.1) is 16.9 Å². The van der Waals surface area contributed by atoms with Crippen LogP contribution in [0.5, 0.6) is 0 Å². The number of nitrogens with one attached hydrogen (secondary N) is 3. The summed E-state index contributed by atoms with van der Waals surface area (Å²) in [7, 11) is 0. The molecule has 0 aliphatic rings. The lowest BCUT2D eigenvalue weighted by molar-refractivity contribution is 0.196. The molecule has 96 valence electrons. The molecular weight excluding hydrogens is 236 g/mol. The highest BCUT2D eigenvalue weighted by Crippen LogP contribution is 2.12. The van der Waals surface area contributed by atoms with Crippen LogP contribution in [0.1, 0.15) is 0 Å². The van der Waals surface area contributed by atoms with E-state index < -0.39 is 6.10 Å². The number of benzene rings is 1. The number of aromatic amines is 2. The molecule has 7 nitrogen and oxygen atoms in total. The molecule has 0 aliphatic heterocycles. The maximum atomic E-state index is 11.6. The molecule has 1 aromatic carbocycles. The van der Waals surface area contributed by atoms with Crippen LogP contribution in [0.25, 0.3) is 10.8 Å². The van der Waals surface area contributed by atoms with Gasteiger partial charge in [0.2, 0.25) is 0 Å². The number of aliphatic hydroxyl groups is 1. The minimum Gasteiger partial charge on any atom is -0.390 e. The predicted molar refractivity (Wildman–Crippen MR) is 68.7 cm³/mol. The first-order valence-electron chi connectivity index (χ1n) is 5.48. The Hall–Kier alpha value is -2.12. The van der Waals surface area contributed by atoms with Gasteiger partial charge >= 0.3 is 0 Å².